The molecule has 0 aromatic heterocycles. The van der Waals surface area contributed by atoms with E-state index >= 15 is 0 Å². The van der Waals surface area contributed by atoms with Crippen LogP contribution in [0.2, 0.25) is 0 Å². The first-order chi connectivity index (χ1) is 27.7. The quantitative estimate of drug-likeness (QED) is 0.132. The van der Waals surface area contributed by atoms with Crippen LogP contribution in [0.15, 0.2) is 115 Å². The van der Waals surface area contributed by atoms with Crippen LogP contribution in [0.4, 0.5) is 0 Å². The molecule has 0 amide bonds. The van der Waals surface area contributed by atoms with Gasteiger partial charge < -0.3 is 33.5 Å². The second kappa shape index (κ2) is 14.8. The third-order valence-electron chi connectivity index (χ3n) is 12.1. The molecule has 1 saturated carbocycles. The smallest absolute Gasteiger partial charge is 0.142 e. The third kappa shape index (κ3) is 6.90. The Labute approximate surface area is 334 Å². The minimum absolute atomic E-state index is 0.124. The average Bonchev–Trinajstić information content (AvgIpc) is 3.52. The van der Waals surface area contributed by atoms with Crippen molar-refractivity contribution in [3.63, 3.8) is 0 Å². The summed E-state index contributed by atoms with van der Waals surface area (Å²) in [5, 5.41) is 11.7. The zero-order valence-corrected chi connectivity index (χ0v) is 33.0. The van der Waals surface area contributed by atoms with Crippen LogP contribution in [-0.4, -0.2) is 32.5 Å². The molecule has 1 unspecified atom stereocenters. The number of benzene rings is 6. The van der Waals surface area contributed by atoms with Crippen molar-refractivity contribution in [3.05, 3.63) is 138 Å². The minimum atomic E-state index is -0.271. The number of aromatic hydroxyl groups is 1. The molecule has 1 atom stereocenters. The van der Waals surface area contributed by atoms with E-state index < -0.39 is 0 Å². The summed E-state index contributed by atoms with van der Waals surface area (Å²) in [5.41, 5.74) is 7.77. The van der Waals surface area contributed by atoms with Gasteiger partial charge in [0.25, 0.3) is 0 Å². The van der Waals surface area contributed by atoms with Crippen molar-refractivity contribution >= 4 is 16.8 Å². The van der Waals surface area contributed by atoms with Crippen molar-refractivity contribution < 1.29 is 33.5 Å². The molecule has 290 valence electrons. The predicted molar refractivity (Wildman–Crippen MR) is 225 cm³/mol. The second-order valence-corrected chi connectivity index (χ2v) is 16.1. The molecule has 1 aliphatic heterocycles. The Balaban J connectivity index is 0.942. The Morgan fingerprint density at radius 1 is 0.649 bits per heavy atom. The highest BCUT2D eigenvalue weighted by Gasteiger charge is 2.50. The Kier molecular flexibility index (Phi) is 9.47. The fourth-order valence-electron chi connectivity index (χ4n) is 8.89. The number of rotatable bonds is 11. The molecule has 0 radical (unpaired) electrons. The standard InChI is InChI=1S/C50H48O7/c1-49(2)24-26-50(27-25-49)44-31-39(53-4)19-21-41(44)46-40-20-18-38(52-3)30-43(40)48-42(47(46)50)22-23-45(57-48)32-6-10-36(11-7-32)56-37-16-14-35(15-17-37)55-29-5-28-54-34-12-8-33(51)9-13-34/h6-23,30-31,45,51H,5,24-29H2,1-4H3. The summed E-state index contributed by atoms with van der Waals surface area (Å²) < 4.78 is 36.5. The summed E-state index contributed by atoms with van der Waals surface area (Å²) in [6.07, 6.45) is 9.42. The molecule has 7 nitrogen and oxygen atoms in total. The second-order valence-electron chi connectivity index (χ2n) is 16.1. The largest absolute Gasteiger partial charge is 0.508 e. The molecule has 0 saturated heterocycles. The number of ether oxygens (including phenoxy) is 6. The molecule has 6 aromatic rings. The van der Waals surface area contributed by atoms with Gasteiger partial charge >= 0.3 is 0 Å². The summed E-state index contributed by atoms with van der Waals surface area (Å²) in [6.45, 7) is 5.85. The van der Waals surface area contributed by atoms with Crippen LogP contribution < -0.4 is 28.4 Å². The monoisotopic (exact) mass is 760 g/mol. The van der Waals surface area contributed by atoms with Gasteiger partial charge in [0.05, 0.1) is 27.4 Å². The van der Waals surface area contributed by atoms with Gasteiger partial charge in [-0.15, -0.1) is 0 Å². The summed E-state index contributed by atoms with van der Waals surface area (Å²) in [6, 6.07) is 35.6. The van der Waals surface area contributed by atoms with Crippen LogP contribution in [0.3, 0.4) is 0 Å². The predicted octanol–water partition coefficient (Wildman–Crippen LogP) is 12.2. The van der Waals surface area contributed by atoms with E-state index in [0.717, 1.165) is 83.3 Å². The third-order valence-corrected chi connectivity index (χ3v) is 12.1. The normalized spacial score (nSPS) is 16.9. The molecular formula is C50H48O7. The van der Waals surface area contributed by atoms with E-state index in [1.165, 1.54) is 33.2 Å². The number of methoxy groups -OCH3 is 2. The van der Waals surface area contributed by atoms with E-state index in [1.807, 2.05) is 36.4 Å². The molecule has 7 heteroatoms. The highest BCUT2D eigenvalue weighted by Crippen LogP contribution is 2.63. The minimum Gasteiger partial charge on any atom is -0.508 e. The molecule has 2 aliphatic carbocycles. The van der Waals surface area contributed by atoms with Gasteiger partial charge in [0.2, 0.25) is 0 Å². The van der Waals surface area contributed by atoms with E-state index in [1.54, 1.807) is 38.5 Å². The number of hydrogen-bond donors (Lipinski definition) is 1. The topological polar surface area (TPSA) is 75.6 Å². The fraction of sp³-hybridized carbons (Fsp3) is 0.280. The van der Waals surface area contributed by atoms with Gasteiger partial charge in [-0.3, -0.25) is 0 Å². The summed E-state index contributed by atoms with van der Waals surface area (Å²) in [5.74, 6) is 5.78. The SMILES string of the molecule is COc1ccc2c(c1)C1(CCC(C)(C)CC1)c1c3c(c4cc(OC)ccc4c1-2)OC(c1ccc(Oc2ccc(OCCCOc4ccc(O)cc4)cc2)cc1)C=C3. The van der Waals surface area contributed by atoms with Crippen molar-refractivity contribution in [2.45, 2.75) is 57.5 Å². The molecule has 1 heterocycles. The van der Waals surface area contributed by atoms with E-state index in [2.05, 4.69) is 74.5 Å². The first-order valence-corrected chi connectivity index (χ1v) is 19.9. The lowest BCUT2D eigenvalue weighted by Crippen LogP contribution is -2.35. The van der Waals surface area contributed by atoms with Crippen LogP contribution in [0.5, 0.6) is 46.0 Å². The molecule has 1 N–H and O–H groups in total. The summed E-state index contributed by atoms with van der Waals surface area (Å²) >= 11 is 0. The first-order valence-electron chi connectivity index (χ1n) is 19.9. The van der Waals surface area contributed by atoms with Gasteiger partial charge in [-0.1, -0.05) is 38.1 Å². The van der Waals surface area contributed by atoms with Gasteiger partial charge in [0.1, 0.15) is 52.1 Å². The van der Waals surface area contributed by atoms with Crippen molar-refractivity contribution in [2.24, 2.45) is 5.41 Å². The van der Waals surface area contributed by atoms with Crippen molar-refractivity contribution in [1.29, 1.82) is 0 Å². The summed E-state index contributed by atoms with van der Waals surface area (Å²) in [4.78, 5) is 0. The number of phenolic OH excluding ortho intramolecular Hbond substituents is 1. The average molecular weight is 761 g/mol. The van der Waals surface area contributed by atoms with Gasteiger partial charge in [-0.2, -0.15) is 0 Å². The molecule has 1 fully saturated rings. The Bertz CT molecular complexity index is 2440. The zero-order chi connectivity index (χ0) is 39.1. The van der Waals surface area contributed by atoms with Gasteiger partial charge in [-0.05, 0) is 161 Å². The maximum absolute atomic E-state index is 9.42. The molecule has 57 heavy (non-hydrogen) atoms. The molecule has 0 bridgehead atoms. The van der Waals surface area contributed by atoms with E-state index in [4.69, 9.17) is 28.4 Å². The van der Waals surface area contributed by atoms with Gasteiger partial charge in [-0.25, -0.2) is 0 Å². The lowest BCUT2D eigenvalue weighted by Gasteiger charge is -2.44. The highest BCUT2D eigenvalue weighted by atomic mass is 16.5. The van der Waals surface area contributed by atoms with E-state index in [9.17, 15) is 5.11 Å². The van der Waals surface area contributed by atoms with E-state index in [-0.39, 0.29) is 17.3 Å². The number of fused-ring (bicyclic) bond motifs is 10. The Hall–Kier alpha value is -6.08. The summed E-state index contributed by atoms with van der Waals surface area (Å²) in [7, 11) is 3.48. The van der Waals surface area contributed by atoms with Gasteiger partial charge in [0, 0.05) is 22.8 Å². The molecule has 9 rings (SSSR count). The van der Waals surface area contributed by atoms with Gasteiger partial charge in [0.15, 0.2) is 0 Å². The van der Waals surface area contributed by atoms with Crippen molar-refractivity contribution in [3.8, 4) is 57.1 Å². The molecular weight excluding hydrogens is 713 g/mol. The van der Waals surface area contributed by atoms with E-state index in [0.29, 0.717) is 18.6 Å². The molecule has 6 aromatic carbocycles. The zero-order valence-electron chi connectivity index (χ0n) is 33.0. The maximum atomic E-state index is 9.42. The van der Waals surface area contributed by atoms with Crippen LogP contribution in [0.25, 0.3) is 28.0 Å². The van der Waals surface area contributed by atoms with Crippen LogP contribution in [0.1, 0.15) is 74.3 Å². The maximum Gasteiger partial charge on any atom is 0.142 e. The van der Waals surface area contributed by atoms with Crippen molar-refractivity contribution in [1.82, 2.24) is 0 Å². The number of phenols is 1. The van der Waals surface area contributed by atoms with Crippen molar-refractivity contribution in [2.75, 3.05) is 27.4 Å². The fourth-order valence-corrected chi connectivity index (χ4v) is 8.89. The lowest BCUT2D eigenvalue weighted by molar-refractivity contribution is 0.187. The Morgan fingerprint density at radius 2 is 1.23 bits per heavy atom. The lowest BCUT2D eigenvalue weighted by atomic mass is 9.60. The van der Waals surface area contributed by atoms with Crippen LogP contribution in [0, 0.1) is 5.41 Å². The molecule has 3 aliphatic rings. The van der Waals surface area contributed by atoms with Crippen LogP contribution >= 0.6 is 0 Å². The Morgan fingerprint density at radius 3 is 1.89 bits per heavy atom. The highest BCUT2D eigenvalue weighted by molar-refractivity contribution is 6.09. The molecule has 1 spiro atoms. The number of hydrogen-bond acceptors (Lipinski definition) is 7. The first kappa shape index (κ1) is 36.6. The van der Waals surface area contributed by atoms with Crippen LogP contribution in [-0.2, 0) is 5.41 Å².